The van der Waals surface area contributed by atoms with Gasteiger partial charge in [0, 0.05) is 10.8 Å². The molecule has 1 atom stereocenters. The normalized spacial score (nSPS) is 13.9. The fraction of sp³-hybridized carbons (Fsp3) is 0.562. The van der Waals surface area contributed by atoms with Crippen LogP contribution in [0.3, 0.4) is 0 Å². The van der Waals surface area contributed by atoms with Crippen molar-refractivity contribution in [3.63, 3.8) is 0 Å². The Bertz CT molecular complexity index is 456. The second-order valence-electron chi connectivity index (χ2n) is 5.37. The molecule has 3 nitrogen and oxygen atoms in total. The van der Waals surface area contributed by atoms with Crippen LogP contribution in [0.15, 0.2) is 24.3 Å². The molecule has 0 heterocycles. The minimum Gasteiger partial charge on any atom is -0.368 e. The molecule has 1 unspecified atom stereocenters. The minimum absolute atomic E-state index is 0.271. The van der Waals surface area contributed by atoms with E-state index in [9.17, 15) is 4.79 Å². The lowest BCUT2D eigenvalue weighted by Crippen LogP contribution is -2.53. The van der Waals surface area contributed by atoms with Crippen molar-refractivity contribution in [1.82, 2.24) is 5.32 Å². The molecule has 21 heavy (non-hydrogen) atoms. The van der Waals surface area contributed by atoms with Crippen LogP contribution in [0.1, 0.15) is 38.7 Å². The quantitative estimate of drug-likeness (QED) is 0.645. The molecule has 0 spiro atoms. The van der Waals surface area contributed by atoms with Gasteiger partial charge in [0.25, 0.3) is 0 Å². The van der Waals surface area contributed by atoms with Crippen LogP contribution < -0.4 is 11.1 Å². The van der Waals surface area contributed by atoms with Gasteiger partial charge in [0.05, 0.1) is 5.54 Å². The van der Waals surface area contributed by atoms with Gasteiger partial charge in [-0.15, -0.1) is 0 Å². The zero-order valence-corrected chi connectivity index (χ0v) is 14.4. The fourth-order valence-corrected chi connectivity index (χ4v) is 3.27. The van der Waals surface area contributed by atoms with Crippen molar-refractivity contribution in [2.24, 2.45) is 5.73 Å². The van der Waals surface area contributed by atoms with Gasteiger partial charge < -0.3 is 11.1 Å². The number of hydrogen-bond acceptors (Lipinski definition) is 3. The Kier molecular flexibility index (Phi) is 8.15. The maximum absolute atomic E-state index is 11.6. The first-order chi connectivity index (χ1) is 9.99. The van der Waals surface area contributed by atoms with E-state index < -0.39 is 5.54 Å². The predicted octanol–water partition coefficient (Wildman–Crippen LogP) is 3.60. The first-order valence-electron chi connectivity index (χ1n) is 7.35. The first kappa shape index (κ1) is 18.3. The summed E-state index contributed by atoms with van der Waals surface area (Å²) in [5, 5.41) is 4.07. The summed E-state index contributed by atoms with van der Waals surface area (Å²) in [7, 11) is 0. The molecule has 0 radical (unpaired) electrons. The van der Waals surface area contributed by atoms with Crippen molar-refractivity contribution in [3.8, 4) is 0 Å². The van der Waals surface area contributed by atoms with E-state index in [1.165, 1.54) is 0 Å². The van der Waals surface area contributed by atoms with Crippen LogP contribution in [0.4, 0.5) is 0 Å². The highest BCUT2D eigenvalue weighted by Crippen LogP contribution is 2.22. The summed E-state index contributed by atoms with van der Waals surface area (Å²) in [5.74, 6) is 1.61. The molecule has 0 aromatic heterocycles. The van der Waals surface area contributed by atoms with Crippen molar-refractivity contribution >= 4 is 29.3 Å². The Hall–Kier alpha value is -0.710. The smallest absolute Gasteiger partial charge is 0.237 e. The second-order valence-corrected chi connectivity index (χ2v) is 6.88. The summed E-state index contributed by atoms with van der Waals surface area (Å²) < 4.78 is 0. The lowest BCUT2D eigenvalue weighted by atomic mass is 9.95. The van der Waals surface area contributed by atoms with E-state index in [1.807, 2.05) is 43.0 Å². The topological polar surface area (TPSA) is 55.1 Å². The molecule has 118 valence electrons. The predicted molar refractivity (Wildman–Crippen MR) is 92.7 cm³/mol. The van der Waals surface area contributed by atoms with E-state index in [1.54, 1.807) is 0 Å². The molecule has 0 fully saturated rings. The van der Waals surface area contributed by atoms with Gasteiger partial charge in [0.2, 0.25) is 5.91 Å². The number of carbonyl (C=O) groups is 1. The SMILES string of the molecule is CCCNC(C)(CCCSCc1ccccc1Cl)C(N)=O. The summed E-state index contributed by atoms with van der Waals surface area (Å²) in [6.45, 7) is 4.78. The van der Waals surface area contributed by atoms with Gasteiger partial charge in [-0.05, 0) is 50.1 Å². The van der Waals surface area contributed by atoms with Gasteiger partial charge in [-0.3, -0.25) is 4.79 Å². The molecule has 0 aliphatic rings. The van der Waals surface area contributed by atoms with Crippen LogP contribution in [0.2, 0.25) is 5.02 Å². The summed E-state index contributed by atoms with van der Waals surface area (Å²) in [6, 6.07) is 7.90. The standard InChI is InChI=1S/C16H25ClN2OS/c1-3-10-19-16(2,15(18)20)9-6-11-21-12-13-7-4-5-8-14(13)17/h4-5,7-8,19H,3,6,9-12H2,1-2H3,(H2,18,20). The van der Waals surface area contributed by atoms with E-state index in [0.717, 1.165) is 47.9 Å². The summed E-state index contributed by atoms with van der Waals surface area (Å²) >= 11 is 7.96. The van der Waals surface area contributed by atoms with Crippen LogP contribution in [0.25, 0.3) is 0 Å². The highest BCUT2D eigenvalue weighted by Gasteiger charge is 2.29. The second kappa shape index (κ2) is 9.34. The Labute approximate surface area is 137 Å². The molecule has 1 rings (SSSR count). The van der Waals surface area contributed by atoms with E-state index in [0.29, 0.717) is 0 Å². The number of primary amides is 1. The van der Waals surface area contributed by atoms with Crippen molar-refractivity contribution in [3.05, 3.63) is 34.9 Å². The number of hydrogen-bond donors (Lipinski definition) is 2. The molecule has 0 aliphatic heterocycles. The van der Waals surface area contributed by atoms with Gasteiger partial charge >= 0.3 is 0 Å². The molecule has 0 saturated carbocycles. The number of nitrogens with one attached hydrogen (secondary N) is 1. The maximum atomic E-state index is 11.6. The van der Waals surface area contributed by atoms with Crippen LogP contribution in [-0.4, -0.2) is 23.7 Å². The third-order valence-electron chi connectivity index (χ3n) is 3.49. The number of carbonyl (C=O) groups excluding carboxylic acids is 1. The Morgan fingerprint density at radius 2 is 2.14 bits per heavy atom. The number of halogens is 1. The minimum atomic E-state index is -0.596. The molecular formula is C16H25ClN2OS. The van der Waals surface area contributed by atoms with E-state index >= 15 is 0 Å². The fourth-order valence-electron chi connectivity index (χ4n) is 2.02. The van der Waals surface area contributed by atoms with Crippen molar-refractivity contribution < 1.29 is 4.79 Å². The third kappa shape index (κ3) is 6.29. The van der Waals surface area contributed by atoms with Gasteiger partial charge in [-0.25, -0.2) is 0 Å². The highest BCUT2D eigenvalue weighted by molar-refractivity contribution is 7.98. The molecule has 3 N–H and O–H groups in total. The van der Waals surface area contributed by atoms with Crippen LogP contribution in [-0.2, 0) is 10.5 Å². The van der Waals surface area contributed by atoms with Crippen LogP contribution >= 0.6 is 23.4 Å². The number of amides is 1. The van der Waals surface area contributed by atoms with E-state index in [2.05, 4.69) is 12.2 Å². The molecular weight excluding hydrogens is 304 g/mol. The third-order valence-corrected chi connectivity index (χ3v) is 4.95. The molecule has 5 heteroatoms. The van der Waals surface area contributed by atoms with Gasteiger partial charge in [-0.2, -0.15) is 11.8 Å². The van der Waals surface area contributed by atoms with E-state index in [4.69, 9.17) is 17.3 Å². The van der Waals surface area contributed by atoms with Gasteiger partial charge in [-0.1, -0.05) is 36.7 Å². The van der Waals surface area contributed by atoms with Gasteiger partial charge in [0.1, 0.15) is 0 Å². The maximum Gasteiger partial charge on any atom is 0.237 e. The molecule has 1 aromatic rings. The van der Waals surface area contributed by atoms with Crippen LogP contribution in [0.5, 0.6) is 0 Å². The van der Waals surface area contributed by atoms with Crippen molar-refractivity contribution in [2.75, 3.05) is 12.3 Å². The number of benzene rings is 1. The Balaban J connectivity index is 2.32. The van der Waals surface area contributed by atoms with Crippen LogP contribution in [0, 0.1) is 0 Å². The zero-order chi connectivity index (χ0) is 15.7. The first-order valence-corrected chi connectivity index (χ1v) is 8.89. The van der Waals surface area contributed by atoms with Crippen molar-refractivity contribution in [1.29, 1.82) is 0 Å². The molecule has 1 amide bonds. The Morgan fingerprint density at radius 3 is 2.76 bits per heavy atom. The number of nitrogens with two attached hydrogens (primary N) is 1. The summed E-state index contributed by atoms with van der Waals surface area (Å²) in [6.07, 6.45) is 2.70. The molecule has 0 aliphatic carbocycles. The number of rotatable bonds is 10. The average Bonchev–Trinajstić information content (AvgIpc) is 2.46. The molecule has 0 saturated heterocycles. The lowest BCUT2D eigenvalue weighted by Gasteiger charge is -2.27. The number of thioether (sulfide) groups is 1. The Morgan fingerprint density at radius 1 is 1.43 bits per heavy atom. The zero-order valence-electron chi connectivity index (χ0n) is 12.8. The molecule has 0 bridgehead atoms. The largest absolute Gasteiger partial charge is 0.368 e. The van der Waals surface area contributed by atoms with Gasteiger partial charge in [0.15, 0.2) is 0 Å². The lowest BCUT2D eigenvalue weighted by molar-refractivity contribution is -0.124. The average molecular weight is 329 g/mol. The highest BCUT2D eigenvalue weighted by atomic mass is 35.5. The van der Waals surface area contributed by atoms with E-state index in [-0.39, 0.29) is 5.91 Å². The van der Waals surface area contributed by atoms with Crippen molar-refractivity contribution in [2.45, 2.75) is 44.4 Å². The summed E-state index contributed by atoms with van der Waals surface area (Å²) in [4.78, 5) is 11.6. The molecule has 1 aromatic carbocycles. The summed E-state index contributed by atoms with van der Waals surface area (Å²) in [5.41, 5.74) is 6.07. The monoisotopic (exact) mass is 328 g/mol.